The monoisotopic (exact) mass is 509 g/mol. The lowest BCUT2D eigenvalue weighted by atomic mass is 10.1. The van der Waals surface area contributed by atoms with Crippen LogP contribution in [0.3, 0.4) is 0 Å². The summed E-state index contributed by atoms with van der Waals surface area (Å²) in [4.78, 5) is 16.2. The second kappa shape index (κ2) is 8.65. The maximum absolute atomic E-state index is 12.9. The van der Waals surface area contributed by atoms with Crippen molar-refractivity contribution in [1.29, 1.82) is 0 Å². The number of pyridine rings is 1. The molecule has 0 atom stereocenters. The molecular weight excluding hydrogens is 495 g/mol. The van der Waals surface area contributed by atoms with E-state index in [0.717, 1.165) is 34.4 Å². The van der Waals surface area contributed by atoms with E-state index in [1.165, 1.54) is 10.8 Å². The van der Waals surface area contributed by atoms with Gasteiger partial charge in [0.2, 0.25) is 5.88 Å². The van der Waals surface area contributed by atoms with E-state index in [1.54, 1.807) is 36.5 Å². The van der Waals surface area contributed by atoms with Gasteiger partial charge in [0.1, 0.15) is 0 Å². The molecule has 0 aliphatic carbocycles. The predicted octanol–water partition coefficient (Wildman–Crippen LogP) is 4.40. The number of nitrogens with zero attached hydrogens (tertiary/aromatic N) is 3. The Balaban J connectivity index is 1.64. The number of alkyl halides is 3. The first-order valence-electron chi connectivity index (χ1n) is 9.61. The first kappa shape index (κ1) is 23.6. The Morgan fingerprint density at radius 1 is 1.03 bits per heavy atom. The molecule has 2 aromatic carbocycles. The molecular formula is C22H15ClF3N3O4S. The lowest BCUT2D eigenvalue weighted by Crippen LogP contribution is -2.24. The molecule has 0 aliphatic rings. The molecule has 0 spiro atoms. The molecule has 0 amide bonds. The fourth-order valence-electron chi connectivity index (χ4n) is 3.32. The number of hydrogen-bond donors (Lipinski definition) is 1. The second-order valence-electron chi connectivity index (χ2n) is 7.24. The van der Waals surface area contributed by atoms with Crippen LogP contribution in [-0.4, -0.2) is 33.2 Å². The topological polar surface area (TPSA) is 94.2 Å². The summed E-state index contributed by atoms with van der Waals surface area (Å²) < 4.78 is 63.3. The SMILES string of the molecule is O=c1n(Cc2ccnc(-c3cccc(Cl)c3)c2)cc(O)n1-c1ccc(S(=O)(=O)C(F)(F)F)cc1. The largest absolute Gasteiger partial charge is 0.501 e. The zero-order chi connectivity index (χ0) is 24.7. The van der Waals surface area contributed by atoms with Crippen molar-refractivity contribution in [3.8, 4) is 22.8 Å². The van der Waals surface area contributed by atoms with Gasteiger partial charge in [-0.05, 0) is 54.1 Å². The van der Waals surface area contributed by atoms with Crippen molar-refractivity contribution in [3.05, 3.63) is 94.1 Å². The molecule has 0 unspecified atom stereocenters. The van der Waals surface area contributed by atoms with Gasteiger partial charge in [0, 0.05) is 16.8 Å². The summed E-state index contributed by atoms with van der Waals surface area (Å²) >= 11 is 6.03. The van der Waals surface area contributed by atoms with E-state index in [2.05, 4.69) is 4.98 Å². The van der Waals surface area contributed by atoms with Crippen molar-refractivity contribution in [2.75, 3.05) is 0 Å². The average molecular weight is 510 g/mol. The quantitative estimate of drug-likeness (QED) is 0.430. The Hall–Kier alpha value is -3.57. The number of halogens is 4. The van der Waals surface area contributed by atoms with Crippen molar-refractivity contribution in [1.82, 2.24) is 14.1 Å². The highest BCUT2D eigenvalue weighted by atomic mass is 35.5. The van der Waals surface area contributed by atoms with Gasteiger partial charge < -0.3 is 5.11 Å². The zero-order valence-electron chi connectivity index (χ0n) is 17.1. The fraction of sp³-hybridized carbons (Fsp3) is 0.0909. The summed E-state index contributed by atoms with van der Waals surface area (Å²) in [7, 11) is -5.53. The number of aromatic nitrogens is 3. The van der Waals surface area contributed by atoms with Crippen molar-refractivity contribution in [2.45, 2.75) is 16.9 Å². The first-order chi connectivity index (χ1) is 16.0. The number of imidazole rings is 1. The Bertz CT molecular complexity index is 1530. The third kappa shape index (κ3) is 4.44. The van der Waals surface area contributed by atoms with Gasteiger partial charge in [-0.15, -0.1) is 0 Å². The maximum Gasteiger partial charge on any atom is 0.501 e. The Kier molecular flexibility index (Phi) is 6.00. The summed E-state index contributed by atoms with van der Waals surface area (Å²) in [5.74, 6) is -0.472. The van der Waals surface area contributed by atoms with Crippen LogP contribution in [0.15, 0.2) is 82.7 Å². The molecule has 176 valence electrons. The van der Waals surface area contributed by atoms with E-state index in [0.29, 0.717) is 16.3 Å². The number of rotatable bonds is 5. The van der Waals surface area contributed by atoms with Crippen LogP contribution in [0, 0.1) is 0 Å². The third-order valence-corrected chi connectivity index (χ3v) is 6.68. The van der Waals surface area contributed by atoms with Gasteiger partial charge in [0.05, 0.1) is 29.0 Å². The van der Waals surface area contributed by atoms with E-state index in [1.807, 2.05) is 6.07 Å². The van der Waals surface area contributed by atoms with Gasteiger partial charge in [-0.2, -0.15) is 13.2 Å². The highest BCUT2D eigenvalue weighted by Gasteiger charge is 2.46. The van der Waals surface area contributed by atoms with Crippen molar-refractivity contribution in [2.24, 2.45) is 0 Å². The van der Waals surface area contributed by atoms with Gasteiger partial charge in [0.15, 0.2) is 0 Å². The molecule has 0 radical (unpaired) electrons. The van der Waals surface area contributed by atoms with Crippen LogP contribution in [0.25, 0.3) is 16.9 Å². The molecule has 1 N–H and O–H groups in total. The second-order valence-corrected chi connectivity index (χ2v) is 9.61. The van der Waals surface area contributed by atoms with E-state index < -0.39 is 31.8 Å². The molecule has 4 rings (SSSR count). The highest BCUT2D eigenvalue weighted by molar-refractivity contribution is 7.92. The van der Waals surface area contributed by atoms with Crippen molar-refractivity contribution < 1.29 is 26.7 Å². The first-order valence-corrected chi connectivity index (χ1v) is 11.5. The Labute approximate surface area is 196 Å². The number of sulfone groups is 1. The van der Waals surface area contributed by atoms with Crippen LogP contribution < -0.4 is 5.69 Å². The summed E-state index contributed by atoms with van der Waals surface area (Å²) in [6.45, 7) is 0.0655. The molecule has 7 nitrogen and oxygen atoms in total. The molecule has 0 fully saturated rings. The predicted molar refractivity (Wildman–Crippen MR) is 119 cm³/mol. The van der Waals surface area contributed by atoms with Crippen LogP contribution >= 0.6 is 11.6 Å². The molecule has 0 aliphatic heterocycles. The van der Waals surface area contributed by atoms with Crippen LogP contribution in [0.4, 0.5) is 13.2 Å². The molecule has 12 heteroatoms. The average Bonchev–Trinajstić information content (AvgIpc) is 3.06. The van der Waals surface area contributed by atoms with Gasteiger partial charge in [-0.25, -0.2) is 17.8 Å². The van der Waals surface area contributed by atoms with Crippen LogP contribution in [0.1, 0.15) is 5.56 Å². The van der Waals surface area contributed by atoms with E-state index in [-0.39, 0.29) is 12.2 Å². The lowest BCUT2D eigenvalue weighted by Gasteiger charge is -2.09. The number of aromatic hydroxyl groups is 1. The summed E-state index contributed by atoms with van der Waals surface area (Å²) in [5.41, 5.74) is -4.04. The van der Waals surface area contributed by atoms with Crippen LogP contribution in [0.5, 0.6) is 5.88 Å². The summed E-state index contributed by atoms with van der Waals surface area (Å²) in [6.07, 6.45) is 2.73. The van der Waals surface area contributed by atoms with E-state index >= 15 is 0 Å². The van der Waals surface area contributed by atoms with Gasteiger partial charge >= 0.3 is 11.2 Å². The normalized spacial score (nSPS) is 12.1. The summed E-state index contributed by atoms with van der Waals surface area (Å²) in [5, 5.41) is 10.8. The summed E-state index contributed by atoms with van der Waals surface area (Å²) in [6, 6.07) is 14.0. The molecule has 4 aromatic rings. The van der Waals surface area contributed by atoms with E-state index in [4.69, 9.17) is 11.6 Å². The number of hydrogen-bond acceptors (Lipinski definition) is 5. The molecule has 34 heavy (non-hydrogen) atoms. The molecule has 0 saturated carbocycles. The number of benzene rings is 2. The minimum absolute atomic E-state index is 0.00304. The molecule has 2 heterocycles. The Morgan fingerprint density at radius 3 is 2.38 bits per heavy atom. The third-order valence-electron chi connectivity index (χ3n) is 4.94. The van der Waals surface area contributed by atoms with Gasteiger partial charge in [0.25, 0.3) is 9.84 Å². The Morgan fingerprint density at radius 2 is 1.74 bits per heavy atom. The van der Waals surface area contributed by atoms with Gasteiger partial charge in [-0.3, -0.25) is 9.55 Å². The standard InChI is InChI=1S/C22H15ClF3N3O4S/c23-16-3-1-2-15(11-16)19-10-14(8-9-27-19)12-28-13-20(30)29(21(28)31)17-4-6-18(7-5-17)34(32,33)22(24,25)26/h1-11,13,30H,12H2. The van der Waals surface area contributed by atoms with Crippen molar-refractivity contribution in [3.63, 3.8) is 0 Å². The molecule has 0 bridgehead atoms. The zero-order valence-corrected chi connectivity index (χ0v) is 18.6. The van der Waals surface area contributed by atoms with Crippen molar-refractivity contribution >= 4 is 21.4 Å². The van der Waals surface area contributed by atoms with Crippen LogP contribution in [-0.2, 0) is 16.4 Å². The highest BCUT2D eigenvalue weighted by Crippen LogP contribution is 2.31. The molecule has 2 aromatic heterocycles. The van der Waals surface area contributed by atoms with E-state index in [9.17, 15) is 31.5 Å². The molecule has 0 saturated heterocycles. The lowest BCUT2D eigenvalue weighted by molar-refractivity contribution is -0.0436. The smallest absolute Gasteiger partial charge is 0.493 e. The van der Waals surface area contributed by atoms with Gasteiger partial charge in [-0.1, -0.05) is 23.7 Å². The fourth-order valence-corrected chi connectivity index (χ4v) is 4.27. The van der Waals surface area contributed by atoms with Crippen LogP contribution in [0.2, 0.25) is 5.02 Å². The minimum atomic E-state index is -5.53. The minimum Gasteiger partial charge on any atom is -0.493 e. The maximum atomic E-state index is 12.9.